The van der Waals surface area contributed by atoms with Crippen LogP contribution in [-0.4, -0.2) is 59.7 Å². The third-order valence-corrected chi connectivity index (χ3v) is 3.20. The van der Waals surface area contributed by atoms with Crippen LogP contribution in [-0.2, 0) is 4.74 Å². The molecule has 1 atom stereocenters. The number of nitrogens with zero attached hydrogens (tertiary/aromatic N) is 2. The van der Waals surface area contributed by atoms with Gasteiger partial charge in [0, 0.05) is 32.2 Å². The van der Waals surface area contributed by atoms with E-state index in [1.54, 1.807) is 9.80 Å². The minimum absolute atomic E-state index is 0.0526. The maximum atomic E-state index is 12.0. The predicted octanol–water partition coefficient (Wildman–Crippen LogP) is 2.05. The molecule has 1 fully saturated rings. The molecule has 1 aliphatic rings. The van der Waals surface area contributed by atoms with E-state index >= 15 is 0 Å². The van der Waals surface area contributed by atoms with E-state index in [2.05, 4.69) is 5.32 Å². The van der Waals surface area contributed by atoms with E-state index in [4.69, 9.17) is 4.74 Å². The first kappa shape index (κ1) is 16.6. The number of ether oxygens (including phenoxy) is 1. The van der Waals surface area contributed by atoms with Crippen molar-refractivity contribution in [2.24, 2.45) is 0 Å². The van der Waals surface area contributed by atoms with E-state index < -0.39 is 5.60 Å². The molecule has 0 aliphatic carbocycles. The molecule has 0 saturated carbocycles. The van der Waals surface area contributed by atoms with Crippen molar-refractivity contribution in [2.45, 2.75) is 52.7 Å². The van der Waals surface area contributed by atoms with Crippen LogP contribution in [0.5, 0.6) is 0 Å². The van der Waals surface area contributed by atoms with Crippen LogP contribution < -0.4 is 5.32 Å². The lowest BCUT2D eigenvalue weighted by Crippen LogP contribution is -2.54. The smallest absolute Gasteiger partial charge is 0.410 e. The minimum atomic E-state index is -0.484. The third kappa shape index (κ3) is 5.27. The van der Waals surface area contributed by atoms with Gasteiger partial charge >= 0.3 is 12.1 Å². The van der Waals surface area contributed by atoms with E-state index in [1.807, 2.05) is 34.6 Å². The summed E-state index contributed by atoms with van der Waals surface area (Å²) in [5.74, 6) is 0. The summed E-state index contributed by atoms with van der Waals surface area (Å²) >= 11 is 0. The molecule has 20 heavy (non-hydrogen) atoms. The summed E-state index contributed by atoms with van der Waals surface area (Å²) in [4.78, 5) is 27.2. The van der Waals surface area contributed by atoms with Gasteiger partial charge in [-0.3, -0.25) is 0 Å². The first-order valence-corrected chi connectivity index (χ1v) is 7.26. The second-order valence-electron chi connectivity index (χ2n) is 6.21. The quantitative estimate of drug-likeness (QED) is 0.844. The summed E-state index contributed by atoms with van der Waals surface area (Å²) in [5, 5.41) is 2.93. The van der Waals surface area contributed by atoms with Crippen molar-refractivity contribution in [3.05, 3.63) is 0 Å². The average molecular weight is 285 g/mol. The standard InChI is InChI=1S/C14H27N3O3/c1-6-11(2)15-12(18)16-7-9-17(10-8-16)13(19)20-14(3,4)5/h11H,6-10H2,1-5H3,(H,15,18). The molecule has 6 heteroatoms. The Labute approximate surface area is 121 Å². The van der Waals surface area contributed by atoms with Gasteiger partial charge in [-0.1, -0.05) is 6.92 Å². The van der Waals surface area contributed by atoms with Gasteiger partial charge < -0.3 is 19.9 Å². The summed E-state index contributed by atoms with van der Waals surface area (Å²) in [7, 11) is 0. The Morgan fingerprint density at radius 3 is 2.10 bits per heavy atom. The van der Waals surface area contributed by atoms with Crippen molar-refractivity contribution in [1.82, 2.24) is 15.1 Å². The number of rotatable bonds is 2. The van der Waals surface area contributed by atoms with E-state index in [0.29, 0.717) is 26.2 Å². The molecule has 1 saturated heterocycles. The SMILES string of the molecule is CCC(C)NC(=O)N1CCN(C(=O)OC(C)(C)C)CC1. The molecule has 0 radical (unpaired) electrons. The van der Waals surface area contributed by atoms with Crippen molar-refractivity contribution in [3.8, 4) is 0 Å². The van der Waals surface area contributed by atoms with Crippen molar-refractivity contribution >= 4 is 12.1 Å². The van der Waals surface area contributed by atoms with Crippen molar-refractivity contribution in [1.29, 1.82) is 0 Å². The van der Waals surface area contributed by atoms with Gasteiger partial charge in [0.15, 0.2) is 0 Å². The average Bonchev–Trinajstić information content (AvgIpc) is 2.36. The molecular weight excluding hydrogens is 258 g/mol. The van der Waals surface area contributed by atoms with Gasteiger partial charge in [0.25, 0.3) is 0 Å². The fourth-order valence-electron chi connectivity index (χ4n) is 1.82. The molecular formula is C14H27N3O3. The number of amides is 3. The highest BCUT2D eigenvalue weighted by Gasteiger charge is 2.27. The number of carbonyl (C=O) groups excluding carboxylic acids is 2. The lowest BCUT2D eigenvalue weighted by molar-refractivity contribution is 0.0169. The van der Waals surface area contributed by atoms with Crippen molar-refractivity contribution in [3.63, 3.8) is 0 Å². The second kappa shape index (κ2) is 6.81. The molecule has 1 N–H and O–H groups in total. The van der Waals surface area contributed by atoms with Crippen LogP contribution >= 0.6 is 0 Å². The van der Waals surface area contributed by atoms with Gasteiger partial charge in [0.05, 0.1) is 0 Å². The molecule has 3 amide bonds. The molecule has 0 aromatic heterocycles. The fraction of sp³-hybridized carbons (Fsp3) is 0.857. The Morgan fingerprint density at radius 2 is 1.65 bits per heavy atom. The van der Waals surface area contributed by atoms with Gasteiger partial charge in [-0.25, -0.2) is 9.59 Å². The first-order chi connectivity index (χ1) is 9.23. The number of carbonyl (C=O) groups is 2. The first-order valence-electron chi connectivity index (χ1n) is 7.26. The minimum Gasteiger partial charge on any atom is -0.444 e. The number of piperazine rings is 1. The molecule has 1 rings (SSSR count). The zero-order valence-corrected chi connectivity index (χ0v) is 13.2. The van der Waals surface area contributed by atoms with Crippen LogP contribution in [0.3, 0.4) is 0 Å². The lowest BCUT2D eigenvalue weighted by atomic mass is 10.2. The van der Waals surface area contributed by atoms with Crippen LogP contribution in [0.15, 0.2) is 0 Å². The van der Waals surface area contributed by atoms with Crippen LogP contribution in [0.2, 0.25) is 0 Å². The summed E-state index contributed by atoms with van der Waals surface area (Å²) in [6.45, 7) is 11.7. The molecule has 0 bridgehead atoms. The van der Waals surface area contributed by atoms with Crippen LogP contribution in [0.25, 0.3) is 0 Å². The fourth-order valence-corrected chi connectivity index (χ4v) is 1.82. The van der Waals surface area contributed by atoms with E-state index in [0.717, 1.165) is 6.42 Å². The Kier molecular flexibility index (Phi) is 5.65. The van der Waals surface area contributed by atoms with Crippen LogP contribution in [0, 0.1) is 0 Å². The summed E-state index contributed by atoms with van der Waals surface area (Å²) in [6.07, 6.45) is 0.600. The van der Waals surface area contributed by atoms with Gasteiger partial charge in [-0.05, 0) is 34.1 Å². The van der Waals surface area contributed by atoms with Gasteiger partial charge in [-0.2, -0.15) is 0 Å². The molecule has 1 unspecified atom stereocenters. The number of hydrogen-bond acceptors (Lipinski definition) is 3. The Balaban J connectivity index is 2.40. The third-order valence-electron chi connectivity index (χ3n) is 3.20. The van der Waals surface area contributed by atoms with Crippen molar-refractivity contribution < 1.29 is 14.3 Å². The largest absolute Gasteiger partial charge is 0.444 e. The molecule has 1 aliphatic heterocycles. The highest BCUT2D eigenvalue weighted by atomic mass is 16.6. The monoisotopic (exact) mass is 285 g/mol. The van der Waals surface area contributed by atoms with Crippen LogP contribution in [0.1, 0.15) is 41.0 Å². The zero-order valence-electron chi connectivity index (χ0n) is 13.2. The Morgan fingerprint density at radius 1 is 1.15 bits per heavy atom. The molecule has 116 valence electrons. The second-order valence-corrected chi connectivity index (χ2v) is 6.21. The zero-order chi connectivity index (χ0) is 15.3. The molecule has 0 spiro atoms. The summed E-state index contributed by atoms with van der Waals surface area (Å²) in [6, 6.07) is 0.120. The predicted molar refractivity (Wildman–Crippen MR) is 77.7 cm³/mol. The van der Waals surface area contributed by atoms with E-state index in [1.165, 1.54) is 0 Å². The Bertz CT molecular complexity index is 344. The van der Waals surface area contributed by atoms with E-state index in [-0.39, 0.29) is 18.2 Å². The number of urea groups is 1. The maximum absolute atomic E-state index is 12.0. The molecule has 0 aromatic rings. The summed E-state index contributed by atoms with van der Waals surface area (Å²) in [5.41, 5.74) is -0.484. The number of hydrogen-bond donors (Lipinski definition) is 1. The molecule has 0 aromatic carbocycles. The number of nitrogens with one attached hydrogen (secondary N) is 1. The van der Waals surface area contributed by atoms with E-state index in [9.17, 15) is 9.59 Å². The molecule has 1 heterocycles. The van der Waals surface area contributed by atoms with Gasteiger partial charge in [0.2, 0.25) is 0 Å². The lowest BCUT2D eigenvalue weighted by Gasteiger charge is -2.36. The van der Waals surface area contributed by atoms with Gasteiger partial charge in [0.1, 0.15) is 5.60 Å². The molecule has 6 nitrogen and oxygen atoms in total. The Hall–Kier alpha value is -1.46. The topological polar surface area (TPSA) is 61.9 Å². The van der Waals surface area contributed by atoms with Crippen molar-refractivity contribution in [2.75, 3.05) is 26.2 Å². The maximum Gasteiger partial charge on any atom is 0.410 e. The van der Waals surface area contributed by atoms with Crippen LogP contribution in [0.4, 0.5) is 9.59 Å². The highest BCUT2D eigenvalue weighted by Crippen LogP contribution is 2.12. The highest BCUT2D eigenvalue weighted by molar-refractivity contribution is 5.75. The van der Waals surface area contributed by atoms with Gasteiger partial charge in [-0.15, -0.1) is 0 Å². The summed E-state index contributed by atoms with van der Waals surface area (Å²) < 4.78 is 5.32. The normalized spacial score (nSPS) is 17.6.